The second kappa shape index (κ2) is 12.2. The van der Waals surface area contributed by atoms with Gasteiger partial charge in [-0.25, -0.2) is 4.98 Å². The van der Waals surface area contributed by atoms with Crippen molar-refractivity contribution in [3.05, 3.63) is 60.4 Å². The van der Waals surface area contributed by atoms with Crippen molar-refractivity contribution >= 4 is 28.6 Å². The van der Waals surface area contributed by atoms with Gasteiger partial charge >= 0.3 is 5.97 Å². The van der Waals surface area contributed by atoms with E-state index >= 15 is 0 Å². The first-order valence-corrected chi connectivity index (χ1v) is 13.0. The summed E-state index contributed by atoms with van der Waals surface area (Å²) in [7, 11) is 1.68. The van der Waals surface area contributed by atoms with Crippen LogP contribution in [0.4, 0.5) is 0 Å². The van der Waals surface area contributed by atoms with E-state index in [-0.39, 0.29) is 11.8 Å². The van der Waals surface area contributed by atoms with Crippen LogP contribution in [0, 0.1) is 11.8 Å². The number of rotatable bonds is 11. The molecule has 1 aliphatic rings. The Kier molecular flexibility index (Phi) is 8.77. The van der Waals surface area contributed by atoms with Gasteiger partial charge in [0.25, 0.3) is 0 Å². The number of carboxylic acids is 1. The summed E-state index contributed by atoms with van der Waals surface area (Å²) in [5.41, 5.74) is 2.22. The lowest BCUT2D eigenvalue weighted by Crippen LogP contribution is -2.44. The van der Waals surface area contributed by atoms with Crippen LogP contribution in [0.2, 0.25) is 0 Å². The minimum Gasteiger partial charge on any atom is -0.497 e. The molecule has 0 bridgehead atoms. The molecule has 0 spiro atoms. The summed E-state index contributed by atoms with van der Waals surface area (Å²) in [6.07, 6.45) is 8.50. The SMILES string of the molecule is COc1ccc2nccc(CCC[C@@H]3CCN(CCCSc4ccccn4)C[C@@H]3C(=O)O)c2c1. The van der Waals surface area contributed by atoms with Crippen molar-refractivity contribution in [2.24, 2.45) is 11.8 Å². The van der Waals surface area contributed by atoms with Crippen molar-refractivity contribution in [1.29, 1.82) is 0 Å². The minimum atomic E-state index is -0.656. The summed E-state index contributed by atoms with van der Waals surface area (Å²) in [5, 5.41) is 12.1. The summed E-state index contributed by atoms with van der Waals surface area (Å²) in [4.78, 5) is 23.2. The summed E-state index contributed by atoms with van der Waals surface area (Å²) in [6.45, 7) is 2.59. The molecule has 2 aromatic heterocycles. The molecule has 1 saturated heterocycles. The average molecular weight is 480 g/mol. The van der Waals surface area contributed by atoms with Crippen LogP contribution in [0.25, 0.3) is 10.9 Å². The van der Waals surface area contributed by atoms with Gasteiger partial charge in [-0.1, -0.05) is 6.07 Å². The van der Waals surface area contributed by atoms with Crippen LogP contribution in [-0.4, -0.2) is 58.4 Å². The van der Waals surface area contributed by atoms with E-state index in [0.717, 1.165) is 72.6 Å². The van der Waals surface area contributed by atoms with Gasteiger partial charge in [0, 0.05) is 30.1 Å². The van der Waals surface area contributed by atoms with Crippen LogP contribution < -0.4 is 4.74 Å². The standard InChI is InChI=1S/C27H33N3O3S/c1-33-22-9-10-25-23(18-22)20(11-14-28-25)6-4-7-21-12-16-30(19-24(21)27(31)32)15-5-17-34-26-8-2-3-13-29-26/h2-3,8-11,13-14,18,21,24H,4-7,12,15-17,19H2,1H3,(H,31,32)/t21-,24+/m1/s1. The fourth-order valence-electron chi connectivity index (χ4n) is 4.88. The highest BCUT2D eigenvalue weighted by molar-refractivity contribution is 7.99. The number of aliphatic carboxylic acids is 1. The predicted molar refractivity (Wildman–Crippen MR) is 136 cm³/mol. The van der Waals surface area contributed by atoms with Crippen LogP contribution in [0.15, 0.2) is 59.9 Å². The largest absolute Gasteiger partial charge is 0.497 e. The molecule has 1 fully saturated rings. The third-order valence-corrected chi connectivity index (χ3v) is 7.75. The van der Waals surface area contributed by atoms with Gasteiger partial charge in [0.15, 0.2) is 0 Å². The second-order valence-electron chi connectivity index (χ2n) is 8.91. The van der Waals surface area contributed by atoms with Gasteiger partial charge in [-0.15, -0.1) is 11.8 Å². The molecule has 0 radical (unpaired) electrons. The van der Waals surface area contributed by atoms with Crippen molar-refractivity contribution in [3.63, 3.8) is 0 Å². The number of carboxylic acid groups (broad SMARTS) is 1. The molecule has 180 valence electrons. The van der Waals surface area contributed by atoms with Crippen LogP contribution in [0.3, 0.4) is 0 Å². The molecule has 1 N–H and O–H groups in total. The van der Waals surface area contributed by atoms with Crippen molar-refractivity contribution in [3.8, 4) is 5.75 Å². The number of fused-ring (bicyclic) bond motifs is 1. The van der Waals surface area contributed by atoms with Crippen LogP contribution in [0.5, 0.6) is 5.75 Å². The summed E-state index contributed by atoms with van der Waals surface area (Å²) in [6, 6.07) is 14.0. The number of aromatic nitrogens is 2. The van der Waals surface area contributed by atoms with Crippen molar-refractivity contribution in [2.45, 2.75) is 37.1 Å². The molecule has 34 heavy (non-hydrogen) atoms. The van der Waals surface area contributed by atoms with E-state index in [4.69, 9.17) is 4.74 Å². The summed E-state index contributed by atoms with van der Waals surface area (Å²) >= 11 is 1.76. The zero-order valence-corrected chi connectivity index (χ0v) is 20.5. The highest BCUT2D eigenvalue weighted by Crippen LogP contribution is 2.30. The van der Waals surface area contributed by atoms with Crippen molar-refractivity contribution in [2.75, 3.05) is 32.5 Å². The molecule has 1 aliphatic heterocycles. The van der Waals surface area contributed by atoms with Gasteiger partial charge < -0.3 is 14.7 Å². The van der Waals surface area contributed by atoms with Crippen molar-refractivity contribution in [1.82, 2.24) is 14.9 Å². The van der Waals surface area contributed by atoms with E-state index in [9.17, 15) is 9.90 Å². The smallest absolute Gasteiger partial charge is 0.308 e. The number of pyridine rings is 2. The molecule has 7 heteroatoms. The maximum Gasteiger partial charge on any atom is 0.308 e. The topological polar surface area (TPSA) is 75.5 Å². The number of carbonyl (C=O) groups is 1. The number of thioether (sulfide) groups is 1. The van der Waals surface area contributed by atoms with E-state index < -0.39 is 5.97 Å². The fraction of sp³-hybridized carbons (Fsp3) is 0.444. The van der Waals surface area contributed by atoms with Gasteiger partial charge in [-0.2, -0.15) is 0 Å². The predicted octanol–water partition coefficient (Wildman–Crippen LogP) is 5.17. The maximum absolute atomic E-state index is 12.0. The molecule has 0 saturated carbocycles. The van der Waals surface area contributed by atoms with E-state index in [0.29, 0.717) is 6.54 Å². The van der Waals surface area contributed by atoms with Gasteiger partial charge in [0.2, 0.25) is 0 Å². The highest BCUT2D eigenvalue weighted by atomic mass is 32.2. The Labute approximate surface area is 205 Å². The van der Waals surface area contributed by atoms with Gasteiger partial charge in [0.1, 0.15) is 5.75 Å². The van der Waals surface area contributed by atoms with E-state index in [1.54, 1.807) is 18.9 Å². The maximum atomic E-state index is 12.0. The molecule has 0 aliphatic carbocycles. The molecule has 6 nitrogen and oxygen atoms in total. The first-order chi connectivity index (χ1) is 16.6. The molecular weight excluding hydrogens is 446 g/mol. The third-order valence-electron chi connectivity index (χ3n) is 6.72. The van der Waals surface area contributed by atoms with Crippen LogP contribution >= 0.6 is 11.8 Å². The first-order valence-electron chi connectivity index (χ1n) is 12.0. The van der Waals surface area contributed by atoms with Gasteiger partial charge in [-0.05, 0) is 93.1 Å². The quantitative estimate of drug-likeness (QED) is 0.300. The molecule has 3 aromatic rings. The zero-order chi connectivity index (χ0) is 23.8. The number of benzene rings is 1. The van der Waals surface area contributed by atoms with Crippen molar-refractivity contribution < 1.29 is 14.6 Å². The average Bonchev–Trinajstić information content (AvgIpc) is 2.87. The summed E-state index contributed by atoms with van der Waals surface area (Å²) in [5.74, 6) is 1.13. The molecular formula is C27H33N3O3S. The second-order valence-corrected chi connectivity index (χ2v) is 10.0. The lowest BCUT2D eigenvalue weighted by Gasteiger charge is -2.36. The van der Waals surface area contributed by atoms with Crippen LogP contribution in [0.1, 0.15) is 31.2 Å². The molecule has 2 atom stereocenters. The molecule has 0 unspecified atom stereocenters. The third kappa shape index (κ3) is 6.48. The molecule has 3 heterocycles. The number of nitrogens with zero attached hydrogens (tertiary/aromatic N) is 3. The normalized spacial score (nSPS) is 18.7. The number of hydrogen-bond acceptors (Lipinski definition) is 6. The lowest BCUT2D eigenvalue weighted by molar-refractivity contribution is -0.146. The fourth-order valence-corrected chi connectivity index (χ4v) is 5.67. The highest BCUT2D eigenvalue weighted by Gasteiger charge is 2.33. The van der Waals surface area contributed by atoms with Gasteiger partial charge in [-0.3, -0.25) is 9.78 Å². The van der Waals surface area contributed by atoms with E-state index in [2.05, 4.69) is 20.9 Å². The Bertz CT molecular complexity index is 1080. The Balaban J connectivity index is 1.26. The van der Waals surface area contributed by atoms with E-state index in [1.807, 2.05) is 48.8 Å². The van der Waals surface area contributed by atoms with Crippen LogP contribution in [-0.2, 0) is 11.2 Å². The number of hydrogen-bond donors (Lipinski definition) is 1. The number of methoxy groups -OCH3 is 1. The minimum absolute atomic E-state index is 0.235. The summed E-state index contributed by atoms with van der Waals surface area (Å²) < 4.78 is 5.38. The first kappa shape index (κ1) is 24.5. The zero-order valence-electron chi connectivity index (χ0n) is 19.7. The number of ether oxygens (including phenoxy) is 1. The number of likely N-dealkylation sites (tertiary alicyclic amines) is 1. The Morgan fingerprint density at radius 1 is 1.18 bits per heavy atom. The molecule has 4 rings (SSSR count). The van der Waals surface area contributed by atoms with Gasteiger partial charge in [0.05, 0.1) is 23.6 Å². The lowest BCUT2D eigenvalue weighted by atomic mass is 9.81. The number of aryl methyl sites for hydroxylation is 1. The molecule has 1 aromatic carbocycles. The Morgan fingerprint density at radius 3 is 2.88 bits per heavy atom. The molecule has 0 amide bonds. The Hall–Kier alpha value is -2.64. The number of piperidine rings is 1. The Morgan fingerprint density at radius 2 is 2.09 bits per heavy atom. The van der Waals surface area contributed by atoms with E-state index in [1.165, 1.54) is 5.56 Å². The monoisotopic (exact) mass is 479 g/mol.